The second-order valence-corrected chi connectivity index (χ2v) is 6.49. The summed E-state index contributed by atoms with van der Waals surface area (Å²) >= 11 is 13.7. The van der Waals surface area contributed by atoms with Gasteiger partial charge in [-0.25, -0.2) is 0 Å². The quantitative estimate of drug-likeness (QED) is 0.661. The molecule has 1 atom stereocenters. The van der Waals surface area contributed by atoms with Crippen molar-refractivity contribution in [1.29, 1.82) is 0 Å². The number of rotatable bonds is 3. The monoisotopic (exact) mass is 322 g/mol. The van der Waals surface area contributed by atoms with Crippen LogP contribution < -0.4 is 5.32 Å². The van der Waals surface area contributed by atoms with Crippen molar-refractivity contribution in [2.75, 3.05) is 5.32 Å². The number of benzene rings is 1. The lowest BCUT2D eigenvalue weighted by atomic mass is 10.1. The molecule has 3 aromatic rings. The topological polar surface area (TPSA) is 24.9 Å². The van der Waals surface area contributed by atoms with Crippen LogP contribution in [0.3, 0.4) is 0 Å². The van der Waals surface area contributed by atoms with Gasteiger partial charge in [-0.1, -0.05) is 23.2 Å². The second-order valence-electron chi connectivity index (χ2n) is 4.54. The first kappa shape index (κ1) is 13.7. The Morgan fingerprint density at radius 2 is 2.10 bits per heavy atom. The predicted octanol–water partition coefficient (Wildman–Crippen LogP) is 5.78. The Hall–Kier alpha value is -1.29. The van der Waals surface area contributed by atoms with Gasteiger partial charge in [-0.15, -0.1) is 11.3 Å². The minimum absolute atomic E-state index is 0.170. The Morgan fingerprint density at radius 1 is 1.25 bits per heavy atom. The molecule has 0 saturated carbocycles. The molecular formula is C15H12Cl2N2S. The summed E-state index contributed by atoms with van der Waals surface area (Å²) in [5.74, 6) is 0. The third-order valence-electron chi connectivity index (χ3n) is 3.18. The van der Waals surface area contributed by atoms with E-state index in [-0.39, 0.29) is 6.04 Å². The van der Waals surface area contributed by atoms with Gasteiger partial charge in [-0.05, 0) is 48.2 Å². The highest BCUT2D eigenvalue weighted by atomic mass is 35.5. The highest BCUT2D eigenvalue weighted by Crippen LogP contribution is 2.32. The summed E-state index contributed by atoms with van der Waals surface area (Å²) in [5.41, 5.74) is 3.01. The zero-order valence-corrected chi connectivity index (χ0v) is 13.1. The van der Waals surface area contributed by atoms with E-state index in [4.69, 9.17) is 23.2 Å². The highest BCUT2D eigenvalue weighted by molar-refractivity contribution is 7.14. The summed E-state index contributed by atoms with van der Waals surface area (Å²) < 4.78 is 0.802. The van der Waals surface area contributed by atoms with Gasteiger partial charge in [0.05, 0.1) is 14.9 Å². The molecule has 0 aliphatic heterocycles. The molecule has 1 unspecified atom stereocenters. The number of anilines is 1. The van der Waals surface area contributed by atoms with Crippen LogP contribution in [-0.2, 0) is 0 Å². The van der Waals surface area contributed by atoms with Crippen LogP contribution in [0.25, 0.3) is 10.9 Å². The number of fused-ring (bicyclic) bond motifs is 1. The first-order valence-electron chi connectivity index (χ1n) is 6.19. The highest BCUT2D eigenvalue weighted by Gasteiger charge is 2.11. The lowest BCUT2D eigenvalue weighted by molar-refractivity contribution is 0.892. The Labute approximate surface area is 131 Å². The minimum Gasteiger partial charge on any atom is -0.378 e. The van der Waals surface area contributed by atoms with Crippen molar-refractivity contribution < 1.29 is 0 Å². The average molecular weight is 323 g/mol. The van der Waals surface area contributed by atoms with Crippen molar-refractivity contribution >= 4 is 51.1 Å². The molecule has 0 saturated heterocycles. The maximum absolute atomic E-state index is 6.18. The van der Waals surface area contributed by atoms with Crippen molar-refractivity contribution in [3.63, 3.8) is 0 Å². The zero-order chi connectivity index (χ0) is 14.1. The van der Waals surface area contributed by atoms with E-state index in [0.29, 0.717) is 5.02 Å². The Balaban J connectivity index is 1.97. The first-order valence-corrected chi connectivity index (χ1v) is 7.82. The van der Waals surface area contributed by atoms with Crippen LogP contribution >= 0.6 is 34.5 Å². The van der Waals surface area contributed by atoms with Crippen LogP contribution in [0.2, 0.25) is 9.36 Å². The molecule has 3 rings (SSSR count). The SMILES string of the molecule is CC(Nc1ccc(Cl)c2ncccc12)c1csc(Cl)c1. The molecule has 2 nitrogen and oxygen atoms in total. The van der Waals surface area contributed by atoms with Crippen LogP contribution in [0.1, 0.15) is 18.5 Å². The van der Waals surface area contributed by atoms with Crippen LogP contribution in [0, 0.1) is 0 Å². The van der Waals surface area contributed by atoms with E-state index in [0.717, 1.165) is 20.9 Å². The lowest BCUT2D eigenvalue weighted by Crippen LogP contribution is -2.06. The molecule has 0 radical (unpaired) electrons. The molecule has 0 aliphatic carbocycles. The molecule has 1 aromatic carbocycles. The summed E-state index contributed by atoms with van der Waals surface area (Å²) in [6, 6.07) is 9.94. The molecule has 5 heteroatoms. The van der Waals surface area contributed by atoms with Gasteiger partial charge in [-0.3, -0.25) is 4.98 Å². The number of pyridine rings is 1. The van der Waals surface area contributed by atoms with E-state index >= 15 is 0 Å². The van der Waals surface area contributed by atoms with Crippen LogP contribution in [0.5, 0.6) is 0 Å². The van der Waals surface area contributed by atoms with Crippen molar-refractivity contribution in [1.82, 2.24) is 4.98 Å². The fraction of sp³-hybridized carbons (Fsp3) is 0.133. The summed E-state index contributed by atoms with van der Waals surface area (Å²) in [5, 5.41) is 7.24. The Morgan fingerprint density at radius 3 is 2.85 bits per heavy atom. The van der Waals surface area contributed by atoms with Gasteiger partial charge < -0.3 is 5.32 Å². The van der Waals surface area contributed by atoms with Gasteiger partial charge in [0.25, 0.3) is 0 Å². The number of aromatic nitrogens is 1. The molecule has 0 fully saturated rings. The van der Waals surface area contributed by atoms with Crippen LogP contribution in [-0.4, -0.2) is 4.98 Å². The lowest BCUT2D eigenvalue weighted by Gasteiger charge is -2.16. The van der Waals surface area contributed by atoms with Gasteiger partial charge in [0.15, 0.2) is 0 Å². The minimum atomic E-state index is 0.170. The normalized spacial score (nSPS) is 12.6. The van der Waals surface area contributed by atoms with Crippen molar-refractivity contribution in [3.05, 3.63) is 56.8 Å². The van der Waals surface area contributed by atoms with Crippen molar-refractivity contribution in [2.24, 2.45) is 0 Å². The number of hydrogen-bond donors (Lipinski definition) is 1. The van der Waals surface area contributed by atoms with Gasteiger partial charge in [-0.2, -0.15) is 0 Å². The van der Waals surface area contributed by atoms with Gasteiger partial charge in [0.1, 0.15) is 0 Å². The Kier molecular flexibility index (Phi) is 3.83. The van der Waals surface area contributed by atoms with Crippen LogP contribution in [0.4, 0.5) is 5.69 Å². The largest absolute Gasteiger partial charge is 0.378 e. The third-order valence-corrected chi connectivity index (χ3v) is 4.59. The smallest absolute Gasteiger partial charge is 0.0931 e. The van der Waals surface area contributed by atoms with Gasteiger partial charge in [0, 0.05) is 23.3 Å². The van der Waals surface area contributed by atoms with Gasteiger partial charge >= 0.3 is 0 Å². The molecule has 20 heavy (non-hydrogen) atoms. The number of nitrogens with zero attached hydrogens (tertiary/aromatic N) is 1. The summed E-state index contributed by atoms with van der Waals surface area (Å²) in [6.07, 6.45) is 1.75. The van der Waals surface area contributed by atoms with E-state index in [1.165, 1.54) is 5.56 Å². The molecule has 1 N–H and O–H groups in total. The van der Waals surface area contributed by atoms with E-state index in [2.05, 4.69) is 22.6 Å². The number of halogens is 2. The molecular weight excluding hydrogens is 311 g/mol. The summed E-state index contributed by atoms with van der Waals surface area (Å²) in [7, 11) is 0. The maximum Gasteiger partial charge on any atom is 0.0931 e. The molecule has 102 valence electrons. The molecule has 2 heterocycles. The zero-order valence-electron chi connectivity index (χ0n) is 10.7. The molecule has 0 amide bonds. The fourth-order valence-corrected chi connectivity index (χ4v) is 3.33. The third kappa shape index (κ3) is 2.62. The van der Waals surface area contributed by atoms with Crippen molar-refractivity contribution in [2.45, 2.75) is 13.0 Å². The number of nitrogens with one attached hydrogen (secondary N) is 1. The fourth-order valence-electron chi connectivity index (χ4n) is 2.13. The van der Waals surface area contributed by atoms with Crippen molar-refractivity contribution in [3.8, 4) is 0 Å². The molecule has 0 bridgehead atoms. The van der Waals surface area contributed by atoms with E-state index in [1.807, 2.05) is 30.3 Å². The van der Waals surface area contributed by atoms with Crippen LogP contribution in [0.15, 0.2) is 41.9 Å². The Bertz CT molecular complexity index is 754. The molecule has 2 aromatic heterocycles. The predicted molar refractivity (Wildman–Crippen MR) is 88.1 cm³/mol. The number of hydrogen-bond acceptors (Lipinski definition) is 3. The average Bonchev–Trinajstić information content (AvgIpc) is 2.89. The van der Waals surface area contributed by atoms with Gasteiger partial charge in [0.2, 0.25) is 0 Å². The van der Waals surface area contributed by atoms with E-state index in [1.54, 1.807) is 17.5 Å². The summed E-state index contributed by atoms with van der Waals surface area (Å²) in [6.45, 7) is 2.11. The standard InChI is InChI=1S/C15H12Cl2N2S/c1-9(10-7-14(17)20-8-10)19-13-5-4-12(16)15-11(13)3-2-6-18-15/h2-9,19H,1H3. The van der Waals surface area contributed by atoms with E-state index in [9.17, 15) is 0 Å². The maximum atomic E-state index is 6.18. The second kappa shape index (κ2) is 5.60. The molecule has 0 aliphatic rings. The van der Waals surface area contributed by atoms with E-state index < -0.39 is 0 Å². The summed E-state index contributed by atoms with van der Waals surface area (Å²) in [4.78, 5) is 4.33. The number of thiophene rings is 1. The molecule has 0 spiro atoms. The first-order chi connectivity index (χ1) is 9.65.